The molecule has 0 bridgehead atoms. The summed E-state index contributed by atoms with van der Waals surface area (Å²) in [6.45, 7) is 1.94. The SMILES string of the molecule is CCCCc1ccc(-c2csc(NC(=O)CN(C)S(C)(=O)=O)n2)cc1. The number of unbranched alkanes of at least 4 members (excludes halogenated alkanes) is 1. The van der Waals surface area contributed by atoms with E-state index in [0.717, 1.165) is 28.2 Å². The smallest absolute Gasteiger partial charge is 0.241 e. The predicted molar refractivity (Wildman–Crippen MR) is 102 cm³/mol. The number of amides is 1. The van der Waals surface area contributed by atoms with Crippen LogP contribution in [0.25, 0.3) is 11.3 Å². The summed E-state index contributed by atoms with van der Waals surface area (Å²) >= 11 is 1.31. The molecule has 0 aliphatic rings. The zero-order chi connectivity index (χ0) is 18.4. The van der Waals surface area contributed by atoms with E-state index in [4.69, 9.17) is 0 Å². The Morgan fingerprint density at radius 2 is 1.96 bits per heavy atom. The lowest BCUT2D eigenvalue weighted by molar-refractivity contribution is -0.116. The fourth-order valence-corrected chi connectivity index (χ4v) is 3.25. The van der Waals surface area contributed by atoms with Crippen LogP contribution in [0.2, 0.25) is 0 Å². The van der Waals surface area contributed by atoms with Gasteiger partial charge in [-0.25, -0.2) is 13.4 Å². The zero-order valence-electron chi connectivity index (χ0n) is 14.7. The number of carbonyl (C=O) groups excluding carboxylic acids is 1. The predicted octanol–water partition coefficient (Wildman–Crippen LogP) is 2.98. The van der Waals surface area contributed by atoms with E-state index in [2.05, 4.69) is 29.4 Å². The number of aromatic nitrogens is 1. The molecule has 8 heteroatoms. The van der Waals surface area contributed by atoms with Gasteiger partial charge in [-0.15, -0.1) is 11.3 Å². The number of aryl methyl sites for hydroxylation is 1. The number of thiazole rings is 1. The van der Waals surface area contributed by atoms with E-state index < -0.39 is 15.9 Å². The highest BCUT2D eigenvalue weighted by Crippen LogP contribution is 2.25. The molecule has 0 aliphatic carbocycles. The maximum absolute atomic E-state index is 11.9. The van der Waals surface area contributed by atoms with E-state index >= 15 is 0 Å². The van der Waals surface area contributed by atoms with E-state index in [9.17, 15) is 13.2 Å². The normalized spacial score (nSPS) is 11.7. The molecule has 0 unspecified atom stereocenters. The summed E-state index contributed by atoms with van der Waals surface area (Å²) < 4.78 is 23.7. The van der Waals surface area contributed by atoms with Crippen molar-refractivity contribution in [2.45, 2.75) is 26.2 Å². The van der Waals surface area contributed by atoms with Crippen LogP contribution in [0, 0.1) is 0 Å². The minimum atomic E-state index is -3.38. The Morgan fingerprint density at radius 3 is 2.56 bits per heavy atom. The lowest BCUT2D eigenvalue weighted by Gasteiger charge is -2.12. The van der Waals surface area contributed by atoms with Crippen molar-refractivity contribution in [1.29, 1.82) is 0 Å². The van der Waals surface area contributed by atoms with Gasteiger partial charge in [-0.2, -0.15) is 4.31 Å². The van der Waals surface area contributed by atoms with Crippen LogP contribution in [0.1, 0.15) is 25.3 Å². The fraction of sp³-hybridized carbons (Fsp3) is 0.412. The Bertz CT molecular complexity index is 814. The largest absolute Gasteiger partial charge is 0.301 e. The molecule has 0 aliphatic heterocycles. The minimum absolute atomic E-state index is 0.236. The summed E-state index contributed by atoms with van der Waals surface area (Å²) in [5, 5.41) is 4.96. The van der Waals surface area contributed by atoms with E-state index in [-0.39, 0.29) is 6.54 Å². The van der Waals surface area contributed by atoms with E-state index in [0.29, 0.717) is 5.13 Å². The Labute approximate surface area is 153 Å². The second kappa shape index (κ2) is 8.55. The van der Waals surface area contributed by atoms with Gasteiger partial charge in [0.2, 0.25) is 15.9 Å². The molecule has 1 aromatic carbocycles. The molecule has 0 fully saturated rings. The van der Waals surface area contributed by atoms with Gasteiger partial charge in [0.15, 0.2) is 5.13 Å². The molecule has 1 heterocycles. The Balaban J connectivity index is 1.99. The third-order valence-electron chi connectivity index (χ3n) is 3.75. The van der Waals surface area contributed by atoms with Crippen molar-refractivity contribution < 1.29 is 13.2 Å². The van der Waals surface area contributed by atoms with Crippen LogP contribution in [-0.4, -0.2) is 43.5 Å². The number of nitrogens with zero attached hydrogens (tertiary/aromatic N) is 2. The summed E-state index contributed by atoms with van der Waals surface area (Å²) in [5.41, 5.74) is 3.09. The minimum Gasteiger partial charge on any atom is -0.301 e. The number of hydrogen-bond acceptors (Lipinski definition) is 5. The van der Waals surface area contributed by atoms with E-state index in [1.54, 1.807) is 0 Å². The van der Waals surface area contributed by atoms with Crippen LogP contribution in [0.15, 0.2) is 29.6 Å². The first-order valence-electron chi connectivity index (χ1n) is 8.05. The van der Waals surface area contributed by atoms with Crippen LogP contribution >= 0.6 is 11.3 Å². The Kier molecular flexibility index (Phi) is 6.69. The summed E-state index contributed by atoms with van der Waals surface area (Å²) in [4.78, 5) is 16.3. The zero-order valence-corrected chi connectivity index (χ0v) is 16.3. The molecule has 1 N–H and O–H groups in total. The van der Waals surface area contributed by atoms with Crippen molar-refractivity contribution in [1.82, 2.24) is 9.29 Å². The highest BCUT2D eigenvalue weighted by Gasteiger charge is 2.16. The summed E-state index contributed by atoms with van der Waals surface area (Å²) in [5.74, 6) is -0.413. The first-order chi connectivity index (χ1) is 11.8. The van der Waals surface area contributed by atoms with Crippen molar-refractivity contribution in [2.24, 2.45) is 0 Å². The fourth-order valence-electron chi connectivity index (χ4n) is 2.17. The van der Waals surface area contributed by atoms with Crippen LogP contribution in [-0.2, 0) is 21.2 Å². The standard InChI is InChI=1S/C17H23N3O3S2/c1-4-5-6-13-7-9-14(10-8-13)15-12-24-17(18-15)19-16(21)11-20(2)25(3,22)23/h7-10,12H,4-6,11H2,1-3H3,(H,18,19,21). The number of sulfonamides is 1. The molecule has 1 amide bonds. The number of benzene rings is 1. The third kappa shape index (κ3) is 5.91. The van der Waals surface area contributed by atoms with Gasteiger partial charge in [-0.3, -0.25) is 4.79 Å². The number of carbonyl (C=O) groups is 1. The van der Waals surface area contributed by atoms with Crippen LogP contribution in [0.4, 0.5) is 5.13 Å². The van der Waals surface area contributed by atoms with Gasteiger partial charge in [0, 0.05) is 18.0 Å². The number of hydrogen-bond donors (Lipinski definition) is 1. The van der Waals surface area contributed by atoms with Gasteiger partial charge in [-0.05, 0) is 18.4 Å². The molecule has 0 saturated heterocycles. The summed E-state index contributed by atoms with van der Waals surface area (Å²) in [6.07, 6.45) is 4.48. The number of likely N-dealkylation sites (N-methyl/N-ethyl adjacent to an activating group) is 1. The van der Waals surface area contributed by atoms with Crippen molar-refractivity contribution in [3.8, 4) is 11.3 Å². The van der Waals surface area contributed by atoms with E-state index in [1.165, 1.54) is 36.8 Å². The molecule has 2 rings (SSSR count). The quantitative estimate of drug-likeness (QED) is 0.762. The van der Waals surface area contributed by atoms with Gasteiger partial charge in [-0.1, -0.05) is 37.6 Å². The molecule has 25 heavy (non-hydrogen) atoms. The van der Waals surface area contributed by atoms with Crippen LogP contribution < -0.4 is 5.32 Å². The Hall–Kier alpha value is -1.77. The average molecular weight is 382 g/mol. The molecule has 2 aromatic rings. The molecular weight excluding hydrogens is 358 g/mol. The maximum atomic E-state index is 11.9. The second-order valence-electron chi connectivity index (χ2n) is 5.91. The molecule has 136 valence electrons. The molecule has 0 spiro atoms. The lowest BCUT2D eigenvalue weighted by Crippen LogP contribution is -2.34. The van der Waals surface area contributed by atoms with Gasteiger partial charge in [0.1, 0.15) is 0 Å². The monoisotopic (exact) mass is 381 g/mol. The first kappa shape index (κ1) is 19.6. The van der Waals surface area contributed by atoms with E-state index in [1.807, 2.05) is 17.5 Å². The molecule has 6 nitrogen and oxygen atoms in total. The summed E-state index contributed by atoms with van der Waals surface area (Å²) in [7, 11) is -2.02. The van der Waals surface area contributed by atoms with Crippen molar-refractivity contribution in [3.05, 3.63) is 35.2 Å². The topological polar surface area (TPSA) is 79.4 Å². The molecule has 0 saturated carbocycles. The second-order valence-corrected chi connectivity index (χ2v) is 8.85. The van der Waals surface area contributed by atoms with Crippen molar-refractivity contribution in [3.63, 3.8) is 0 Å². The van der Waals surface area contributed by atoms with Crippen LogP contribution in [0.5, 0.6) is 0 Å². The molecule has 0 radical (unpaired) electrons. The highest BCUT2D eigenvalue weighted by atomic mass is 32.2. The van der Waals surface area contributed by atoms with Crippen molar-refractivity contribution >= 4 is 32.4 Å². The molecule has 0 atom stereocenters. The molecular formula is C17H23N3O3S2. The highest BCUT2D eigenvalue weighted by molar-refractivity contribution is 7.88. The van der Waals surface area contributed by atoms with Gasteiger partial charge in [0.25, 0.3) is 0 Å². The van der Waals surface area contributed by atoms with Gasteiger partial charge >= 0.3 is 0 Å². The first-order valence-corrected chi connectivity index (χ1v) is 10.8. The number of rotatable bonds is 8. The van der Waals surface area contributed by atoms with Crippen molar-refractivity contribution in [2.75, 3.05) is 25.2 Å². The van der Waals surface area contributed by atoms with Gasteiger partial charge < -0.3 is 5.32 Å². The lowest BCUT2D eigenvalue weighted by atomic mass is 10.1. The molecule has 1 aromatic heterocycles. The van der Waals surface area contributed by atoms with Gasteiger partial charge in [0.05, 0.1) is 18.5 Å². The number of nitrogens with one attached hydrogen (secondary N) is 1. The third-order valence-corrected chi connectivity index (χ3v) is 5.77. The Morgan fingerprint density at radius 1 is 1.28 bits per heavy atom. The maximum Gasteiger partial charge on any atom is 0.241 e. The van der Waals surface area contributed by atoms with Crippen LogP contribution in [0.3, 0.4) is 0 Å². The average Bonchev–Trinajstić information content (AvgIpc) is 3.00. The number of anilines is 1. The summed E-state index contributed by atoms with van der Waals surface area (Å²) in [6, 6.07) is 8.26.